The Bertz CT molecular complexity index is 597. The zero-order valence-electron chi connectivity index (χ0n) is 15.3. The minimum Gasteiger partial charge on any atom is -0.379 e. The van der Waals surface area contributed by atoms with Gasteiger partial charge in [-0.3, -0.25) is 9.69 Å². The van der Waals surface area contributed by atoms with Crippen LogP contribution in [0.1, 0.15) is 24.4 Å². The molecule has 1 aliphatic carbocycles. The van der Waals surface area contributed by atoms with E-state index in [-0.39, 0.29) is 30.0 Å². The second kappa shape index (κ2) is 8.90. The Balaban J connectivity index is 1.75. The van der Waals surface area contributed by atoms with Crippen LogP contribution in [0.5, 0.6) is 0 Å². The molecule has 144 valence electrons. The first-order chi connectivity index (χ1) is 12.6. The van der Waals surface area contributed by atoms with Gasteiger partial charge in [-0.05, 0) is 30.5 Å². The molecule has 1 saturated carbocycles. The van der Waals surface area contributed by atoms with Gasteiger partial charge in [-0.25, -0.2) is 4.39 Å². The van der Waals surface area contributed by atoms with Gasteiger partial charge in [0.05, 0.1) is 25.4 Å². The number of nitrogens with zero attached hydrogens (tertiary/aromatic N) is 1. The summed E-state index contributed by atoms with van der Waals surface area (Å²) in [5.41, 5.74) is 0.661. The van der Waals surface area contributed by atoms with Crippen molar-refractivity contribution in [3.63, 3.8) is 0 Å². The van der Waals surface area contributed by atoms with Crippen molar-refractivity contribution in [1.82, 2.24) is 10.2 Å². The minimum atomic E-state index is -0.530. The molecular weight excluding hydrogens is 339 g/mol. The number of carbonyl (C=O) groups is 1. The number of hydrogen-bond donors (Lipinski definition) is 1. The second-order valence-electron chi connectivity index (χ2n) is 6.83. The first-order valence-corrected chi connectivity index (χ1v) is 9.05. The van der Waals surface area contributed by atoms with E-state index in [1.807, 2.05) is 4.90 Å². The van der Waals surface area contributed by atoms with Gasteiger partial charge >= 0.3 is 0 Å². The molecule has 1 aromatic carbocycles. The highest BCUT2D eigenvalue weighted by molar-refractivity contribution is 5.83. The molecule has 1 unspecified atom stereocenters. The Morgan fingerprint density at radius 1 is 1.23 bits per heavy atom. The van der Waals surface area contributed by atoms with Gasteiger partial charge in [0, 0.05) is 33.4 Å². The first-order valence-electron chi connectivity index (χ1n) is 9.05. The summed E-state index contributed by atoms with van der Waals surface area (Å²) in [5, 5.41) is 3.12. The molecular formula is C19H27FN2O4. The molecule has 1 N–H and O–H groups in total. The first kappa shape index (κ1) is 19.2. The third-order valence-corrected chi connectivity index (χ3v) is 5.22. The van der Waals surface area contributed by atoms with Gasteiger partial charge in [0.25, 0.3) is 0 Å². The molecule has 2 fully saturated rings. The second-order valence-corrected chi connectivity index (χ2v) is 6.83. The topological polar surface area (TPSA) is 60.0 Å². The lowest BCUT2D eigenvalue weighted by Gasteiger charge is -2.34. The Morgan fingerprint density at radius 3 is 2.46 bits per heavy atom. The SMILES string of the molecule is CO[C@@H]1CC(NC(=O)C(c2cccc(F)c2)N2CCOCC2)C[C@H]1OC. The molecule has 0 spiro atoms. The summed E-state index contributed by atoms with van der Waals surface area (Å²) in [4.78, 5) is 15.1. The Labute approximate surface area is 153 Å². The average Bonchev–Trinajstić information content (AvgIpc) is 3.05. The maximum Gasteiger partial charge on any atom is 0.242 e. The van der Waals surface area contributed by atoms with Crippen LogP contribution in [0.2, 0.25) is 0 Å². The van der Waals surface area contributed by atoms with E-state index in [0.717, 1.165) is 0 Å². The smallest absolute Gasteiger partial charge is 0.242 e. The Hall–Kier alpha value is -1.54. The van der Waals surface area contributed by atoms with Crippen LogP contribution in [-0.2, 0) is 19.0 Å². The molecule has 1 saturated heterocycles. The molecule has 0 aromatic heterocycles. The molecule has 3 atom stereocenters. The minimum absolute atomic E-state index is 0.0190. The van der Waals surface area contributed by atoms with Crippen LogP contribution in [0.25, 0.3) is 0 Å². The van der Waals surface area contributed by atoms with Crippen molar-refractivity contribution in [1.29, 1.82) is 0 Å². The zero-order chi connectivity index (χ0) is 18.5. The third-order valence-electron chi connectivity index (χ3n) is 5.22. The van der Waals surface area contributed by atoms with E-state index in [1.165, 1.54) is 12.1 Å². The maximum absolute atomic E-state index is 13.7. The molecule has 1 amide bonds. The van der Waals surface area contributed by atoms with E-state index >= 15 is 0 Å². The van der Waals surface area contributed by atoms with Gasteiger partial charge in [0.1, 0.15) is 11.9 Å². The predicted octanol–water partition coefficient (Wildman–Crippen LogP) is 1.51. The highest BCUT2D eigenvalue weighted by Gasteiger charge is 2.37. The summed E-state index contributed by atoms with van der Waals surface area (Å²) in [7, 11) is 3.31. The lowest BCUT2D eigenvalue weighted by Crippen LogP contribution is -2.47. The fraction of sp³-hybridized carbons (Fsp3) is 0.632. The maximum atomic E-state index is 13.7. The van der Waals surface area contributed by atoms with Gasteiger partial charge in [-0.1, -0.05) is 12.1 Å². The van der Waals surface area contributed by atoms with E-state index in [4.69, 9.17) is 14.2 Å². The lowest BCUT2D eigenvalue weighted by molar-refractivity contribution is -0.129. The molecule has 0 bridgehead atoms. The molecule has 6 nitrogen and oxygen atoms in total. The largest absolute Gasteiger partial charge is 0.379 e. The van der Waals surface area contributed by atoms with Crippen LogP contribution >= 0.6 is 0 Å². The van der Waals surface area contributed by atoms with Crippen LogP contribution in [0.4, 0.5) is 4.39 Å². The van der Waals surface area contributed by atoms with E-state index in [9.17, 15) is 9.18 Å². The van der Waals surface area contributed by atoms with Crippen LogP contribution in [0, 0.1) is 5.82 Å². The van der Waals surface area contributed by atoms with Crippen LogP contribution in [0.3, 0.4) is 0 Å². The van der Waals surface area contributed by atoms with Gasteiger partial charge < -0.3 is 19.5 Å². The molecule has 26 heavy (non-hydrogen) atoms. The van der Waals surface area contributed by atoms with E-state index in [0.29, 0.717) is 44.7 Å². The normalized spacial score (nSPS) is 26.0. The van der Waals surface area contributed by atoms with Gasteiger partial charge in [0.15, 0.2) is 0 Å². The third kappa shape index (κ3) is 4.40. The molecule has 0 radical (unpaired) electrons. The van der Waals surface area contributed by atoms with Crippen molar-refractivity contribution in [3.05, 3.63) is 35.6 Å². The number of benzene rings is 1. The van der Waals surface area contributed by atoms with E-state index < -0.39 is 6.04 Å². The molecule has 3 rings (SSSR count). The summed E-state index contributed by atoms with van der Waals surface area (Å²) in [5.74, 6) is -0.456. The van der Waals surface area contributed by atoms with Crippen LogP contribution in [0.15, 0.2) is 24.3 Å². The van der Waals surface area contributed by atoms with Gasteiger partial charge in [0.2, 0.25) is 5.91 Å². The van der Waals surface area contributed by atoms with E-state index in [1.54, 1.807) is 26.4 Å². The number of halogens is 1. The number of hydrogen-bond acceptors (Lipinski definition) is 5. The number of nitrogens with one attached hydrogen (secondary N) is 1. The molecule has 1 heterocycles. The van der Waals surface area contributed by atoms with Crippen molar-refractivity contribution >= 4 is 5.91 Å². The fourth-order valence-electron chi connectivity index (χ4n) is 3.89. The van der Waals surface area contributed by atoms with Crippen molar-refractivity contribution in [3.8, 4) is 0 Å². The monoisotopic (exact) mass is 366 g/mol. The number of rotatable bonds is 6. The fourth-order valence-corrected chi connectivity index (χ4v) is 3.89. The van der Waals surface area contributed by atoms with Crippen molar-refractivity contribution in [2.45, 2.75) is 37.1 Å². The molecule has 7 heteroatoms. The van der Waals surface area contributed by atoms with Crippen molar-refractivity contribution in [2.24, 2.45) is 0 Å². The number of amides is 1. The summed E-state index contributed by atoms with van der Waals surface area (Å²) in [6.45, 7) is 2.42. The average molecular weight is 366 g/mol. The van der Waals surface area contributed by atoms with Crippen molar-refractivity contribution in [2.75, 3.05) is 40.5 Å². The lowest BCUT2D eigenvalue weighted by atomic mass is 10.0. The van der Waals surface area contributed by atoms with Gasteiger partial charge in [-0.2, -0.15) is 0 Å². The highest BCUT2D eigenvalue weighted by atomic mass is 19.1. The summed E-state index contributed by atoms with van der Waals surface area (Å²) < 4.78 is 30.1. The van der Waals surface area contributed by atoms with Crippen LogP contribution in [-0.4, -0.2) is 69.6 Å². The summed E-state index contributed by atoms with van der Waals surface area (Å²) >= 11 is 0. The summed E-state index contributed by atoms with van der Waals surface area (Å²) in [6.07, 6.45) is 1.36. The summed E-state index contributed by atoms with van der Waals surface area (Å²) in [6, 6.07) is 5.72. The van der Waals surface area contributed by atoms with Gasteiger partial charge in [-0.15, -0.1) is 0 Å². The molecule has 1 aromatic rings. The number of ether oxygens (including phenoxy) is 3. The highest BCUT2D eigenvalue weighted by Crippen LogP contribution is 2.27. The number of morpholine rings is 1. The standard InChI is InChI=1S/C19H27FN2O4/c1-24-16-11-15(12-17(16)25-2)21-19(23)18(22-6-8-26-9-7-22)13-4-3-5-14(20)10-13/h3-5,10,15-18H,6-9,11-12H2,1-2H3,(H,21,23)/t16-,17-,18?/m1/s1. The number of carbonyl (C=O) groups excluding carboxylic acids is 1. The number of methoxy groups -OCH3 is 2. The van der Waals surface area contributed by atoms with Crippen molar-refractivity contribution < 1.29 is 23.4 Å². The zero-order valence-corrected chi connectivity index (χ0v) is 15.3. The van der Waals surface area contributed by atoms with Crippen LogP contribution < -0.4 is 5.32 Å². The quantitative estimate of drug-likeness (QED) is 0.827. The predicted molar refractivity (Wildman–Crippen MR) is 94.3 cm³/mol. The van der Waals surface area contributed by atoms with E-state index in [2.05, 4.69) is 5.32 Å². The Morgan fingerprint density at radius 2 is 1.88 bits per heavy atom. The Kier molecular flexibility index (Phi) is 6.58. The molecule has 2 aliphatic rings. The molecule has 1 aliphatic heterocycles.